The Kier molecular flexibility index (Phi) is 6.92. The van der Waals surface area contributed by atoms with Crippen LogP contribution in [0.4, 0.5) is 4.39 Å². The van der Waals surface area contributed by atoms with Gasteiger partial charge >= 0.3 is 0 Å². The molecular formula is C21H25FN2O2. The number of likely N-dealkylation sites (N-methyl/N-ethyl adjacent to an activating group) is 1. The maximum Gasteiger partial charge on any atom is 0.244 e. The molecule has 5 heteroatoms. The van der Waals surface area contributed by atoms with Crippen molar-refractivity contribution in [3.63, 3.8) is 0 Å². The van der Waals surface area contributed by atoms with Crippen LogP contribution >= 0.6 is 0 Å². The molecule has 1 atom stereocenters. The Labute approximate surface area is 154 Å². The Hall–Kier alpha value is -2.66. The summed E-state index contributed by atoms with van der Waals surface area (Å²) in [5.41, 5.74) is 2.61. The van der Waals surface area contributed by atoms with Crippen molar-refractivity contribution < 1.29 is 13.9 Å². The molecule has 2 rings (SSSR count). The molecule has 0 saturated carbocycles. The van der Waals surface area contributed by atoms with Gasteiger partial charge < -0.3 is 15.0 Å². The highest BCUT2D eigenvalue weighted by atomic mass is 19.1. The number of benzene rings is 2. The fourth-order valence-electron chi connectivity index (χ4n) is 2.75. The first-order valence-corrected chi connectivity index (χ1v) is 8.43. The largest absolute Gasteiger partial charge is 0.496 e. The molecule has 0 aliphatic rings. The zero-order valence-electron chi connectivity index (χ0n) is 15.6. The number of amides is 1. The Balaban J connectivity index is 2.08. The van der Waals surface area contributed by atoms with Crippen LogP contribution in [0.2, 0.25) is 0 Å². The standard InChI is InChI=1S/C21H25FN2O2/c1-15(16-9-11-17(22)12-10-16)13-21(25)23-14-19(24(2)3)18-7-5-6-8-20(18)26-4/h5-13,19H,14H2,1-4H3,(H,23,25)/b15-13+. The number of hydrogen-bond donors (Lipinski definition) is 1. The predicted molar refractivity (Wildman–Crippen MR) is 102 cm³/mol. The summed E-state index contributed by atoms with van der Waals surface area (Å²) in [5.74, 6) is 0.309. The van der Waals surface area contributed by atoms with E-state index in [-0.39, 0.29) is 17.8 Å². The van der Waals surface area contributed by atoms with E-state index in [0.717, 1.165) is 22.4 Å². The summed E-state index contributed by atoms with van der Waals surface area (Å²) in [5, 5.41) is 2.94. The molecule has 0 heterocycles. The van der Waals surface area contributed by atoms with Crippen LogP contribution in [0, 0.1) is 5.82 Å². The number of ether oxygens (including phenoxy) is 1. The Morgan fingerprint density at radius 1 is 1.19 bits per heavy atom. The van der Waals surface area contributed by atoms with E-state index in [0.29, 0.717) is 6.54 Å². The number of nitrogens with one attached hydrogen (secondary N) is 1. The molecule has 1 N–H and O–H groups in total. The van der Waals surface area contributed by atoms with E-state index >= 15 is 0 Å². The van der Waals surface area contributed by atoms with E-state index in [1.807, 2.05) is 50.2 Å². The molecule has 2 aromatic carbocycles. The summed E-state index contributed by atoms with van der Waals surface area (Å²) < 4.78 is 18.4. The molecule has 26 heavy (non-hydrogen) atoms. The van der Waals surface area contributed by atoms with Gasteiger partial charge in [0.2, 0.25) is 5.91 Å². The number of nitrogens with zero attached hydrogens (tertiary/aromatic N) is 1. The van der Waals surface area contributed by atoms with Crippen molar-refractivity contribution >= 4 is 11.5 Å². The predicted octanol–water partition coefficient (Wildman–Crippen LogP) is 3.66. The third-order valence-corrected chi connectivity index (χ3v) is 4.24. The molecule has 2 aromatic rings. The first kappa shape index (κ1) is 19.7. The van der Waals surface area contributed by atoms with Gasteiger partial charge in [0.05, 0.1) is 13.2 Å². The van der Waals surface area contributed by atoms with Crippen LogP contribution in [0.5, 0.6) is 5.75 Å². The second-order valence-corrected chi connectivity index (χ2v) is 6.30. The van der Waals surface area contributed by atoms with Crippen molar-refractivity contribution in [1.82, 2.24) is 10.2 Å². The maximum absolute atomic E-state index is 13.0. The van der Waals surface area contributed by atoms with Crippen molar-refractivity contribution in [2.45, 2.75) is 13.0 Å². The van der Waals surface area contributed by atoms with Gasteiger partial charge in [-0.3, -0.25) is 4.79 Å². The third-order valence-electron chi connectivity index (χ3n) is 4.24. The van der Waals surface area contributed by atoms with E-state index in [4.69, 9.17) is 4.74 Å². The van der Waals surface area contributed by atoms with Gasteiger partial charge in [-0.1, -0.05) is 30.3 Å². The number of allylic oxidation sites excluding steroid dienone is 1. The number of halogens is 1. The fraction of sp³-hybridized carbons (Fsp3) is 0.286. The maximum atomic E-state index is 13.0. The number of hydrogen-bond acceptors (Lipinski definition) is 3. The lowest BCUT2D eigenvalue weighted by Crippen LogP contribution is -2.34. The second-order valence-electron chi connectivity index (χ2n) is 6.30. The minimum atomic E-state index is -0.295. The van der Waals surface area contributed by atoms with Crippen molar-refractivity contribution in [3.8, 4) is 5.75 Å². The molecule has 4 nitrogen and oxygen atoms in total. The molecule has 0 aromatic heterocycles. The van der Waals surface area contributed by atoms with Crippen LogP contribution in [0.25, 0.3) is 5.57 Å². The summed E-state index contributed by atoms with van der Waals surface area (Å²) in [7, 11) is 5.56. The number of carbonyl (C=O) groups excluding carboxylic acids is 1. The first-order chi connectivity index (χ1) is 12.4. The van der Waals surface area contributed by atoms with Crippen molar-refractivity contribution in [2.24, 2.45) is 0 Å². The summed E-state index contributed by atoms with van der Waals surface area (Å²) in [6, 6.07) is 13.8. The Bertz CT molecular complexity index is 770. The molecule has 0 radical (unpaired) electrons. The highest BCUT2D eigenvalue weighted by Crippen LogP contribution is 2.27. The number of para-hydroxylation sites is 1. The van der Waals surface area contributed by atoms with Crippen LogP contribution in [0.15, 0.2) is 54.6 Å². The van der Waals surface area contributed by atoms with Gasteiger partial charge in [0.15, 0.2) is 0 Å². The van der Waals surface area contributed by atoms with Gasteiger partial charge in [-0.05, 0) is 50.4 Å². The van der Waals surface area contributed by atoms with E-state index in [1.165, 1.54) is 18.2 Å². The van der Waals surface area contributed by atoms with Crippen LogP contribution in [-0.4, -0.2) is 38.6 Å². The first-order valence-electron chi connectivity index (χ1n) is 8.43. The van der Waals surface area contributed by atoms with Gasteiger partial charge in [0.25, 0.3) is 0 Å². The second kappa shape index (κ2) is 9.15. The van der Waals surface area contributed by atoms with Crippen LogP contribution < -0.4 is 10.1 Å². The molecule has 0 fully saturated rings. The molecule has 0 spiro atoms. The van der Waals surface area contributed by atoms with E-state index in [2.05, 4.69) is 5.32 Å². The highest BCUT2D eigenvalue weighted by molar-refractivity contribution is 5.94. The van der Waals surface area contributed by atoms with Gasteiger partial charge in [0.1, 0.15) is 11.6 Å². The lowest BCUT2D eigenvalue weighted by Gasteiger charge is -2.26. The van der Waals surface area contributed by atoms with Crippen LogP contribution in [0.3, 0.4) is 0 Å². The van der Waals surface area contributed by atoms with E-state index in [1.54, 1.807) is 19.2 Å². The SMILES string of the molecule is COc1ccccc1C(CNC(=O)/C=C(\C)c1ccc(F)cc1)N(C)C. The van der Waals surface area contributed by atoms with E-state index < -0.39 is 0 Å². The summed E-state index contributed by atoms with van der Waals surface area (Å²) in [6.45, 7) is 2.27. The van der Waals surface area contributed by atoms with Gasteiger partial charge in [-0.25, -0.2) is 4.39 Å². The summed E-state index contributed by atoms with van der Waals surface area (Å²) >= 11 is 0. The number of carbonyl (C=O) groups is 1. The normalized spacial score (nSPS) is 12.8. The smallest absolute Gasteiger partial charge is 0.244 e. The van der Waals surface area contributed by atoms with Gasteiger partial charge in [-0.2, -0.15) is 0 Å². The molecule has 1 unspecified atom stereocenters. The fourth-order valence-corrected chi connectivity index (χ4v) is 2.75. The zero-order chi connectivity index (χ0) is 19.1. The Morgan fingerprint density at radius 2 is 1.85 bits per heavy atom. The van der Waals surface area contributed by atoms with Gasteiger partial charge in [0, 0.05) is 18.2 Å². The molecule has 0 aliphatic heterocycles. The monoisotopic (exact) mass is 356 g/mol. The number of rotatable bonds is 7. The number of methoxy groups -OCH3 is 1. The minimum absolute atomic E-state index is 0.0189. The Morgan fingerprint density at radius 3 is 2.46 bits per heavy atom. The lowest BCUT2D eigenvalue weighted by molar-refractivity contribution is -0.116. The quantitative estimate of drug-likeness (QED) is 0.770. The molecule has 0 bridgehead atoms. The average Bonchev–Trinajstić information content (AvgIpc) is 2.62. The topological polar surface area (TPSA) is 41.6 Å². The molecule has 138 valence electrons. The zero-order valence-corrected chi connectivity index (χ0v) is 15.6. The molecular weight excluding hydrogens is 331 g/mol. The van der Waals surface area contributed by atoms with Crippen molar-refractivity contribution in [1.29, 1.82) is 0 Å². The van der Waals surface area contributed by atoms with Crippen LogP contribution in [0.1, 0.15) is 24.1 Å². The third kappa shape index (κ3) is 5.17. The minimum Gasteiger partial charge on any atom is -0.496 e. The van der Waals surface area contributed by atoms with Crippen LogP contribution in [-0.2, 0) is 4.79 Å². The summed E-state index contributed by atoms with van der Waals surface area (Å²) in [4.78, 5) is 14.3. The lowest BCUT2D eigenvalue weighted by atomic mass is 10.0. The van der Waals surface area contributed by atoms with Crippen molar-refractivity contribution in [3.05, 3.63) is 71.6 Å². The average molecular weight is 356 g/mol. The van der Waals surface area contributed by atoms with Gasteiger partial charge in [-0.15, -0.1) is 0 Å². The molecule has 0 aliphatic carbocycles. The van der Waals surface area contributed by atoms with E-state index in [9.17, 15) is 9.18 Å². The molecule has 1 amide bonds. The van der Waals surface area contributed by atoms with Crippen molar-refractivity contribution in [2.75, 3.05) is 27.7 Å². The summed E-state index contributed by atoms with van der Waals surface area (Å²) in [6.07, 6.45) is 1.53. The highest BCUT2D eigenvalue weighted by Gasteiger charge is 2.18. The molecule has 0 saturated heterocycles.